The SMILES string of the molecule is CN(C)CC1CCC(N2C(=O)CCc3cnc4ccc(-c5ccc(CS(C)(=O)=O)cc5)cc4c32)CC1. The number of hydrogen-bond donors (Lipinski definition) is 0. The molecule has 2 aliphatic rings. The number of aromatic nitrogens is 1. The Bertz CT molecular complexity index is 1370. The van der Waals surface area contributed by atoms with Crippen LogP contribution < -0.4 is 4.90 Å². The monoisotopic (exact) mass is 505 g/mol. The molecule has 1 amide bonds. The Balaban J connectivity index is 1.49. The fraction of sp³-hybridized carbons (Fsp3) is 0.448. The van der Waals surface area contributed by atoms with Crippen molar-refractivity contribution < 1.29 is 13.2 Å². The third-order valence-electron chi connectivity index (χ3n) is 7.55. The van der Waals surface area contributed by atoms with E-state index in [4.69, 9.17) is 4.98 Å². The molecule has 7 heteroatoms. The number of nitrogens with zero attached hydrogens (tertiary/aromatic N) is 3. The van der Waals surface area contributed by atoms with Crippen LogP contribution in [-0.4, -0.2) is 57.1 Å². The lowest BCUT2D eigenvalue weighted by molar-refractivity contribution is -0.119. The molecule has 0 N–H and O–H groups in total. The number of hydrogen-bond acceptors (Lipinski definition) is 5. The molecular formula is C29H35N3O3S. The molecule has 2 aromatic carbocycles. The molecule has 0 bridgehead atoms. The molecule has 0 atom stereocenters. The summed E-state index contributed by atoms with van der Waals surface area (Å²) in [5.74, 6) is 0.958. The van der Waals surface area contributed by atoms with Gasteiger partial charge in [-0.3, -0.25) is 9.78 Å². The van der Waals surface area contributed by atoms with Gasteiger partial charge in [-0.25, -0.2) is 8.42 Å². The van der Waals surface area contributed by atoms with Gasteiger partial charge in [0.2, 0.25) is 5.91 Å². The zero-order chi connectivity index (χ0) is 25.4. The lowest BCUT2D eigenvalue weighted by Crippen LogP contribution is -2.45. The zero-order valence-corrected chi connectivity index (χ0v) is 22.2. The van der Waals surface area contributed by atoms with Crippen LogP contribution in [0.25, 0.3) is 22.0 Å². The van der Waals surface area contributed by atoms with E-state index in [1.54, 1.807) is 0 Å². The molecule has 36 heavy (non-hydrogen) atoms. The number of sulfone groups is 1. The summed E-state index contributed by atoms with van der Waals surface area (Å²) < 4.78 is 23.3. The Labute approximate surface area is 214 Å². The first kappa shape index (κ1) is 24.9. The van der Waals surface area contributed by atoms with E-state index in [1.807, 2.05) is 36.5 Å². The van der Waals surface area contributed by atoms with Crippen LogP contribution in [0.15, 0.2) is 48.7 Å². The molecule has 190 valence electrons. The first-order valence-corrected chi connectivity index (χ1v) is 14.9. The maximum atomic E-state index is 13.3. The number of fused-ring (bicyclic) bond motifs is 3. The quantitative estimate of drug-likeness (QED) is 0.479. The number of rotatable bonds is 6. The lowest BCUT2D eigenvalue weighted by atomic mass is 9.83. The van der Waals surface area contributed by atoms with Crippen LogP contribution in [0, 0.1) is 5.92 Å². The van der Waals surface area contributed by atoms with Gasteiger partial charge in [0, 0.05) is 36.8 Å². The maximum absolute atomic E-state index is 13.3. The van der Waals surface area contributed by atoms with E-state index in [-0.39, 0.29) is 17.7 Å². The molecular weight excluding hydrogens is 470 g/mol. The first-order chi connectivity index (χ1) is 17.2. The summed E-state index contributed by atoms with van der Waals surface area (Å²) in [4.78, 5) is 22.4. The van der Waals surface area contributed by atoms with Gasteiger partial charge in [0.15, 0.2) is 9.84 Å². The fourth-order valence-corrected chi connectivity index (χ4v) is 6.74. The van der Waals surface area contributed by atoms with E-state index in [1.165, 1.54) is 6.26 Å². The molecule has 0 spiro atoms. The molecule has 0 unspecified atom stereocenters. The van der Waals surface area contributed by atoms with E-state index in [0.29, 0.717) is 12.3 Å². The second-order valence-corrected chi connectivity index (χ2v) is 13.0. The number of carbonyl (C=O) groups is 1. The summed E-state index contributed by atoms with van der Waals surface area (Å²) in [7, 11) is 1.19. The van der Waals surface area contributed by atoms with Crippen LogP contribution in [0.3, 0.4) is 0 Å². The number of anilines is 1. The van der Waals surface area contributed by atoms with Crippen molar-refractivity contribution in [3.8, 4) is 11.1 Å². The topological polar surface area (TPSA) is 70.6 Å². The fourth-order valence-electron chi connectivity index (χ4n) is 5.94. The van der Waals surface area contributed by atoms with Crippen LogP contribution in [0.1, 0.15) is 43.2 Å². The number of aryl methyl sites for hydroxylation is 1. The Morgan fingerprint density at radius 1 is 0.972 bits per heavy atom. The Morgan fingerprint density at radius 2 is 1.67 bits per heavy atom. The predicted octanol–water partition coefficient (Wildman–Crippen LogP) is 4.85. The van der Waals surface area contributed by atoms with Crippen molar-refractivity contribution in [1.82, 2.24) is 9.88 Å². The van der Waals surface area contributed by atoms with Crippen molar-refractivity contribution in [3.05, 3.63) is 59.8 Å². The number of pyridine rings is 1. The van der Waals surface area contributed by atoms with Crippen molar-refractivity contribution in [1.29, 1.82) is 0 Å². The third kappa shape index (κ3) is 5.32. The molecule has 2 heterocycles. The third-order valence-corrected chi connectivity index (χ3v) is 8.41. The van der Waals surface area contributed by atoms with Crippen molar-refractivity contribution in [3.63, 3.8) is 0 Å². The van der Waals surface area contributed by atoms with E-state index in [9.17, 15) is 13.2 Å². The van der Waals surface area contributed by atoms with Crippen molar-refractivity contribution >= 4 is 32.3 Å². The number of amides is 1. The van der Waals surface area contributed by atoms with Crippen LogP contribution in [0.4, 0.5) is 5.69 Å². The summed E-state index contributed by atoms with van der Waals surface area (Å²) in [6.07, 6.45) is 8.85. The molecule has 1 fully saturated rings. The molecule has 1 aliphatic carbocycles. The summed E-state index contributed by atoms with van der Waals surface area (Å²) in [5, 5.41) is 1.02. The van der Waals surface area contributed by atoms with E-state index < -0.39 is 9.84 Å². The molecule has 1 saturated carbocycles. The average Bonchev–Trinajstić information content (AvgIpc) is 2.83. The summed E-state index contributed by atoms with van der Waals surface area (Å²) >= 11 is 0. The summed E-state index contributed by atoms with van der Waals surface area (Å²) in [6.45, 7) is 1.11. The van der Waals surface area contributed by atoms with Gasteiger partial charge < -0.3 is 9.80 Å². The second-order valence-electron chi connectivity index (χ2n) is 10.8. The van der Waals surface area contributed by atoms with Gasteiger partial charge in [-0.05, 0) is 86.5 Å². The lowest BCUT2D eigenvalue weighted by Gasteiger charge is -2.40. The largest absolute Gasteiger partial charge is 0.309 e. The average molecular weight is 506 g/mol. The molecule has 0 saturated heterocycles. The van der Waals surface area contributed by atoms with Gasteiger partial charge in [0.1, 0.15) is 0 Å². The molecule has 5 rings (SSSR count). The highest BCUT2D eigenvalue weighted by atomic mass is 32.2. The van der Waals surface area contributed by atoms with Gasteiger partial charge in [-0.2, -0.15) is 0 Å². The second kappa shape index (κ2) is 9.94. The minimum atomic E-state index is -3.07. The molecule has 0 radical (unpaired) electrons. The Kier molecular flexibility index (Phi) is 6.88. The van der Waals surface area contributed by atoms with Crippen LogP contribution in [-0.2, 0) is 26.8 Å². The van der Waals surface area contributed by atoms with E-state index >= 15 is 0 Å². The zero-order valence-electron chi connectivity index (χ0n) is 21.4. The minimum absolute atomic E-state index is 0.0380. The number of benzene rings is 2. The molecule has 6 nitrogen and oxygen atoms in total. The molecule has 1 aromatic heterocycles. The minimum Gasteiger partial charge on any atom is -0.309 e. The standard InChI is InChI=1S/C29H35N3O3S/c1-31(2)18-20-6-12-25(13-7-20)32-28(33)15-11-24-17-30-27-14-10-23(16-26(27)29(24)32)22-8-4-21(5-9-22)19-36(3,34)35/h4-5,8-10,14,16-17,20,25H,6-7,11-13,15,18-19H2,1-3H3. The van der Waals surface area contributed by atoms with Gasteiger partial charge in [0.25, 0.3) is 0 Å². The van der Waals surface area contributed by atoms with Crippen molar-refractivity contribution in [2.24, 2.45) is 5.92 Å². The van der Waals surface area contributed by atoms with Crippen LogP contribution in [0.5, 0.6) is 0 Å². The van der Waals surface area contributed by atoms with Crippen LogP contribution >= 0.6 is 0 Å². The summed E-state index contributed by atoms with van der Waals surface area (Å²) in [5.41, 5.74) is 5.93. The van der Waals surface area contributed by atoms with Gasteiger partial charge in [0.05, 0.1) is 17.0 Å². The number of carbonyl (C=O) groups excluding carboxylic acids is 1. The Hall–Kier alpha value is -2.77. The Morgan fingerprint density at radius 3 is 2.33 bits per heavy atom. The summed E-state index contributed by atoms with van der Waals surface area (Å²) in [6, 6.07) is 14.2. The van der Waals surface area contributed by atoms with E-state index in [0.717, 1.165) is 77.5 Å². The van der Waals surface area contributed by atoms with Gasteiger partial charge >= 0.3 is 0 Å². The molecule has 3 aromatic rings. The van der Waals surface area contributed by atoms with Gasteiger partial charge in [-0.1, -0.05) is 30.3 Å². The van der Waals surface area contributed by atoms with Crippen molar-refractivity contribution in [2.75, 3.05) is 31.8 Å². The molecule has 1 aliphatic heterocycles. The maximum Gasteiger partial charge on any atom is 0.227 e. The highest BCUT2D eigenvalue weighted by Gasteiger charge is 2.34. The van der Waals surface area contributed by atoms with E-state index in [2.05, 4.69) is 36.0 Å². The highest BCUT2D eigenvalue weighted by molar-refractivity contribution is 7.89. The normalized spacial score (nSPS) is 20.7. The first-order valence-electron chi connectivity index (χ1n) is 12.8. The van der Waals surface area contributed by atoms with Gasteiger partial charge in [-0.15, -0.1) is 0 Å². The van der Waals surface area contributed by atoms with Crippen molar-refractivity contribution in [2.45, 2.75) is 50.3 Å². The predicted molar refractivity (Wildman–Crippen MR) is 146 cm³/mol. The van der Waals surface area contributed by atoms with Crippen LogP contribution in [0.2, 0.25) is 0 Å². The smallest absolute Gasteiger partial charge is 0.227 e. The highest BCUT2D eigenvalue weighted by Crippen LogP contribution is 2.40.